The number of imidazole rings is 2. The summed E-state index contributed by atoms with van der Waals surface area (Å²) in [5.41, 5.74) is 10.8. The molecule has 46 heavy (non-hydrogen) atoms. The number of H-pyrrole nitrogens is 1. The lowest BCUT2D eigenvalue weighted by Gasteiger charge is -2.33. The zero-order chi connectivity index (χ0) is 32.2. The Morgan fingerprint density at radius 2 is 1.85 bits per heavy atom. The van der Waals surface area contributed by atoms with Gasteiger partial charge in [0.15, 0.2) is 23.0 Å². The average molecular weight is 718 g/mol. The first kappa shape index (κ1) is 30.8. The van der Waals surface area contributed by atoms with Crippen LogP contribution in [-0.4, -0.2) is 104 Å². The quantitative estimate of drug-likeness (QED) is 0.143. The van der Waals surface area contributed by atoms with E-state index in [1.807, 2.05) is 0 Å². The van der Waals surface area contributed by atoms with Crippen molar-refractivity contribution in [2.24, 2.45) is 0 Å². The number of aliphatic hydroxyl groups is 1. The smallest absolute Gasteiger partial charge is 0.397 e. The molecule has 4 aliphatic rings. The van der Waals surface area contributed by atoms with E-state index in [1.165, 1.54) is 23.4 Å². The van der Waals surface area contributed by atoms with E-state index in [4.69, 9.17) is 50.8 Å². The second-order valence-corrected chi connectivity index (χ2v) is 16.6. The number of aromatic amines is 1. The number of thioether (sulfide) groups is 1. The number of phosphoric ester groups is 1. The van der Waals surface area contributed by atoms with E-state index in [2.05, 4.69) is 24.9 Å². The Bertz CT molecular complexity index is 2030. The lowest BCUT2D eigenvalue weighted by Crippen LogP contribution is -2.45. The van der Waals surface area contributed by atoms with Gasteiger partial charge in [-0.1, -0.05) is 0 Å². The van der Waals surface area contributed by atoms with Crippen molar-refractivity contribution in [3.05, 3.63) is 35.3 Å². The number of nitrogens with zero attached hydrogens (tertiary/aromatic N) is 6. The van der Waals surface area contributed by atoms with Crippen LogP contribution in [0.2, 0.25) is 0 Å². The first-order valence-corrected chi connectivity index (χ1v) is 18.6. The highest BCUT2D eigenvalue weighted by atomic mass is 32.5. The highest BCUT2D eigenvalue weighted by Gasteiger charge is 2.66. The molecule has 4 fully saturated rings. The monoisotopic (exact) mass is 717 g/mol. The van der Waals surface area contributed by atoms with Crippen molar-refractivity contribution in [3.8, 4) is 0 Å². The van der Waals surface area contributed by atoms with Crippen molar-refractivity contribution in [1.82, 2.24) is 34.1 Å². The van der Waals surface area contributed by atoms with Gasteiger partial charge in [0.2, 0.25) is 5.95 Å². The number of aromatic nitrogens is 7. The standard InChI is InChI=1S/C22H25N9O11P2S2/c23-8-1-2-25-16-10(8)26-6-30(16)19-14-15-22(40-19,4-37-14)5-39-44(36,45)41-13-12(32)9(3-38-43(34,35)42-15)46-20(13)31-7-27-11-17(31)28-21(24)29-18(11)33/h1-2,6-7,9,12-15,19-20,32H,3-5H2,(H2,23,25)(H,34,35)(H,36,45)(H3,24,28,29,33)/t9-,12-,13-,14-,15+,19-,20-,22-,44?/m1/s1. The van der Waals surface area contributed by atoms with Gasteiger partial charge in [-0.2, -0.15) is 4.98 Å². The third kappa shape index (κ3) is 4.91. The van der Waals surface area contributed by atoms with E-state index in [-0.39, 0.29) is 23.7 Å². The number of hydrogen-bond donors (Lipinski definition) is 6. The average Bonchev–Trinajstić information content (AvgIpc) is 3.80. The summed E-state index contributed by atoms with van der Waals surface area (Å²) >= 11 is 6.41. The Morgan fingerprint density at radius 1 is 1.07 bits per heavy atom. The zero-order valence-electron chi connectivity index (χ0n) is 23.1. The van der Waals surface area contributed by atoms with Crippen molar-refractivity contribution in [2.75, 3.05) is 31.3 Å². The highest BCUT2D eigenvalue weighted by Crippen LogP contribution is 2.59. The molecule has 10 atom stereocenters. The van der Waals surface area contributed by atoms with Crippen LogP contribution in [0.3, 0.4) is 0 Å². The predicted molar refractivity (Wildman–Crippen MR) is 161 cm³/mol. The number of pyridine rings is 1. The third-order valence-electron chi connectivity index (χ3n) is 8.15. The molecule has 246 valence electrons. The molecule has 0 saturated carbocycles. The molecule has 8 heterocycles. The number of nitrogens with one attached hydrogen (secondary N) is 1. The third-order valence-corrected chi connectivity index (χ3v) is 12.2. The van der Waals surface area contributed by atoms with Gasteiger partial charge in [0.25, 0.3) is 5.56 Å². The van der Waals surface area contributed by atoms with Crippen molar-refractivity contribution in [3.63, 3.8) is 0 Å². The number of hydrogen-bond acceptors (Lipinski definition) is 17. The van der Waals surface area contributed by atoms with Crippen LogP contribution >= 0.6 is 26.3 Å². The Morgan fingerprint density at radius 3 is 2.67 bits per heavy atom. The SMILES string of the molecule is Nc1nc2c(ncn2[C@@H]2S[C@@H]3COP(=O)(O)O[C@H]4[C@H]5OC[C@]4(COP(O)(=S)O[C@@H]2[C@@H]3O)O[C@H]5n2cnc3c(N)ccnc32)c(=O)[nH]1. The van der Waals surface area contributed by atoms with Gasteiger partial charge in [0.1, 0.15) is 34.8 Å². The Balaban J connectivity index is 1.14. The number of fused-ring (bicyclic) bond motifs is 4. The van der Waals surface area contributed by atoms with Crippen molar-refractivity contribution in [1.29, 1.82) is 0 Å². The summed E-state index contributed by atoms with van der Waals surface area (Å²) < 4.78 is 51.4. The molecule has 4 aromatic rings. The van der Waals surface area contributed by atoms with Crippen LogP contribution in [0, 0.1) is 0 Å². The maximum absolute atomic E-state index is 13.4. The van der Waals surface area contributed by atoms with Crippen LogP contribution in [0.4, 0.5) is 11.6 Å². The Kier molecular flexibility index (Phi) is 7.17. The summed E-state index contributed by atoms with van der Waals surface area (Å²) in [4.78, 5) is 53.8. The summed E-state index contributed by atoms with van der Waals surface area (Å²) in [5, 5.41) is 9.44. The molecule has 0 radical (unpaired) electrons. The predicted octanol–water partition coefficient (Wildman–Crippen LogP) is -0.495. The molecule has 24 heteroatoms. The lowest BCUT2D eigenvalue weighted by molar-refractivity contribution is -0.183. The van der Waals surface area contributed by atoms with Crippen LogP contribution in [0.15, 0.2) is 29.7 Å². The van der Waals surface area contributed by atoms with Crippen molar-refractivity contribution >= 4 is 72.1 Å². The largest absolute Gasteiger partial charge is 0.472 e. The van der Waals surface area contributed by atoms with Gasteiger partial charge >= 0.3 is 14.5 Å². The summed E-state index contributed by atoms with van der Waals surface area (Å²) in [6.45, 7) is -5.38. The minimum atomic E-state index is -4.86. The summed E-state index contributed by atoms with van der Waals surface area (Å²) in [6.07, 6.45) is -1.69. The molecular formula is C22H25N9O11P2S2. The molecule has 4 saturated heterocycles. The van der Waals surface area contributed by atoms with Gasteiger partial charge in [-0.15, -0.1) is 11.8 Å². The maximum Gasteiger partial charge on any atom is 0.472 e. The van der Waals surface area contributed by atoms with Crippen molar-refractivity contribution < 1.29 is 47.0 Å². The van der Waals surface area contributed by atoms with Gasteiger partial charge in [0, 0.05) is 6.20 Å². The molecule has 0 aromatic carbocycles. The first-order chi connectivity index (χ1) is 21.8. The van der Waals surface area contributed by atoms with Crippen LogP contribution in [0.25, 0.3) is 22.3 Å². The van der Waals surface area contributed by atoms with Crippen LogP contribution in [0.5, 0.6) is 0 Å². The highest BCUT2D eigenvalue weighted by molar-refractivity contribution is 8.07. The number of anilines is 2. The van der Waals surface area contributed by atoms with Gasteiger partial charge in [-0.25, -0.2) is 19.5 Å². The minimum absolute atomic E-state index is 0.0393. The molecular weight excluding hydrogens is 692 g/mol. The lowest BCUT2D eigenvalue weighted by atomic mass is 10.0. The van der Waals surface area contributed by atoms with Gasteiger partial charge < -0.3 is 40.4 Å². The normalized spacial score (nSPS) is 39.7. The van der Waals surface area contributed by atoms with E-state index in [0.717, 1.165) is 11.8 Å². The van der Waals surface area contributed by atoms with Crippen LogP contribution in [-0.2, 0) is 43.9 Å². The number of nitrogens with two attached hydrogens (primary N) is 2. The molecule has 4 bridgehead atoms. The molecule has 0 spiro atoms. The second-order valence-electron chi connectivity index (χ2n) is 11.0. The summed E-state index contributed by atoms with van der Waals surface area (Å²) in [7, 11) is -4.86. The Labute approximate surface area is 266 Å². The van der Waals surface area contributed by atoms with E-state index < -0.39 is 80.2 Å². The number of nitrogen functional groups attached to an aromatic ring is 2. The summed E-state index contributed by atoms with van der Waals surface area (Å²) in [6, 6.07) is 1.59. The Hall–Kier alpha value is -2.56. The molecule has 4 aromatic heterocycles. The van der Waals surface area contributed by atoms with E-state index in [1.54, 1.807) is 10.6 Å². The van der Waals surface area contributed by atoms with Gasteiger partial charge in [-0.05, 0) is 17.9 Å². The molecule has 8 N–H and O–H groups in total. The van der Waals surface area contributed by atoms with Gasteiger partial charge in [-0.3, -0.25) is 32.5 Å². The number of rotatable bonds is 2. The van der Waals surface area contributed by atoms with Crippen molar-refractivity contribution in [2.45, 2.75) is 46.9 Å². The minimum Gasteiger partial charge on any atom is -0.397 e. The van der Waals surface area contributed by atoms with Gasteiger partial charge in [0.05, 0.1) is 49.5 Å². The van der Waals surface area contributed by atoms with Crippen LogP contribution in [0.1, 0.15) is 11.6 Å². The molecule has 0 amide bonds. The fourth-order valence-electron chi connectivity index (χ4n) is 6.05. The van der Waals surface area contributed by atoms with E-state index in [0.29, 0.717) is 16.9 Å². The topological polar surface area (TPSA) is 279 Å². The molecule has 4 aliphatic heterocycles. The molecule has 0 aliphatic carbocycles. The fourth-order valence-corrected chi connectivity index (χ4v) is 10.2. The summed E-state index contributed by atoms with van der Waals surface area (Å²) in [5.74, 6) is -0.181. The molecule has 2 unspecified atom stereocenters. The molecule has 20 nitrogen and oxygen atoms in total. The van der Waals surface area contributed by atoms with E-state index in [9.17, 15) is 24.3 Å². The first-order valence-electron chi connectivity index (χ1n) is 13.6. The van der Waals surface area contributed by atoms with E-state index >= 15 is 0 Å². The zero-order valence-corrected chi connectivity index (χ0v) is 26.6. The second kappa shape index (κ2) is 10.7. The number of ether oxygens (including phenoxy) is 2. The van der Waals surface area contributed by atoms with Crippen LogP contribution < -0.4 is 17.0 Å². The number of phosphoric acid groups is 1. The number of aliphatic hydroxyl groups excluding tert-OH is 1. The molecule has 8 rings (SSSR count). The fraction of sp³-hybridized carbons (Fsp3) is 0.500. The maximum atomic E-state index is 13.4.